The van der Waals surface area contributed by atoms with Crippen molar-refractivity contribution in [3.8, 4) is 0 Å². The first-order valence-corrected chi connectivity index (χ1v) is 9.21. The molecule has 4 rings (SSSR count). The van der Waals surface area contributed by atoms with E-state index in [0.29, 0.717) is 5.41 Å². The van der Waals surface area contributed by atoms with Gasteiger partial charge in [-0.3, -0.25) is 9.58 Å². The molecular formula is C18H30N4O. The normalized spacial score (nSPS) is 30.7. The van der Waals surface area contributed by atoms with Gasteiger partial charge in [-0.1, -0.05) is 0 Å². The minimum atomic E-state index is 0.339. The molecule has 1 aromatic rings. The van der Waals surface area contributed by atoms with Gasteiger partial charge in [-0.2, -0.15) is 5.10 Å². The van der Waals surface area contributed by atoms with Crippen molar-refractivity contribution in [3.05, 3.63) is 18.0 Å². The van der Waals surface area contributed by atoms with Crippen molar-refractivity contribution in [1.82, 2.24) is 19.6 Å². The number of aryl methyl sites for hydroxylation is 1. The molecular weight excluding hydrogens is 288 g/mol. The average molecular weight is 318 g/mol. The van der Waals surface area contributed by atoms with Crippen LogP contribution in [0.15, 0.2) is 12.4 Å². The van der Waals surface area contributed by atoms with Crippen LogP contribution in [0, 0.1) is 11.3 Å². The van der Waals surface area contributed by atoms with Crippen LogP contribution in [0.3, 0.4) is 0 Å². The van der Waals surface area contributed by atoms with Crippen LogP contribution < -0.4 is 0 Å². The molecule has 0 aromatic carbocycles. The number of rotatable bonds is 4. The SMILES string of the molecule is Cn1cc(CN2CCC[C@@]3(COCCN(CC4CC4)C3)C2)cn1. The standard InChI is InChI=1S/C18H30N4O/c1-20-10-17(9-19-20)12-21-6-2-5-18(13-21)14-22(7-8-23-15-18)11-16-3-4-16/h9-10,16H,2-8,11-15H2,1H3/t18-/m1/s1. The Balaban J connectivity index is 1.41. The third kappa shape index (κ3) is 3.95. The Hall–Kier alpha value is -0.910. The molecule has 1 aromatic heterocycles. The van der Waals surface area contributed by atoms with E-state index in [4.69, 9.17) is 4.74 Å². The van der Waals surface area contributed by atoms with Gasteiger partial charge < -0.3 is 9.64 Å². The summed E-state index contributed by atoms with van der Waals surface area (Å²) in [5.41, 5.74) is 1.67. The second-order valence-corrected chi connectivity index (χ2v) is 8.07. The molecule has 0 N–H and O–H groups in total. The van der Waals surface area contributed by atoms with Gasteiger partial charge in [0.15, 0.2) is 0 Å². The molecule has 5 nitrogen and oxygen atoms in total. The molecule has 1 aliphatic carbocycles. The van der Waals surface area contributed by atoms with Crippen LogP contribution in [0.5, 0.6) is 0 Å². The van der Waals surface area contributed by atoms with E-state index in [9.17, 15) is 0 Å². The lowest BCUT2D eigenvalue weighted by Crippen LogP contribution is -2.50. The highest BCUT2D eigenvalue weighted by Crippen LogP contribution is 2.36. The third-order valence-corrected chi connectivity index (χ3v) is 5.64. The van der Waals surface area contributed by atoms with Gasteiger partial charge in [0.25, 0.3) is 0 Å². The van der Waals surface area contributed by atoms with Crippen LogP contribution in [0.25, 0.3) is 0 Å². The van der Waals surface area contributed by atoms with Crippen LogP contribution in [0.1, 0.15) is 31.2 Å². The van der Waals surface area contributed by atoms with Crippen molar-refractivity contribution in [2.45, 2.75) is 32.2 Å². The van der Waals surface area contributed by atoms with E-state index in [1.807, 2.05) is 17.9 Å². The Morgan fingerprint density at radius 1 is 1.26 bits per heavy atom. The maximum atomic E-state index is 6.04. The predicted octanol–water partition coefficient (Wildman–Crippen LogP) is 1.74. The smallest absolute Gasteiger partial charge is 0.0593 e. The predicted molar refractivity (Wildman–Crippen MR) is 90.1 cm³/mol. The number of ether oxygens (including phenoxy) is 1. The van der Waals surface area contributed by atoms with Gasteiger partial charge in [0.1, 0.15) is 0 Å². The van der Waals surface area contributed by atoms with E-state index in [1.165, 1.54) is 57.4 Å². The highest BCUT2D eigenvalue weighted by atomic mass is 16.5. The van der Waals surface area contributed by atoms with Gasteiger partial charge in [-0.15, -0.1) is 0 Å². The molecule has 2 aliphatic heterocycles. The number of piperidine rings is 1. The molecule has 0 amide bonds. The molecule has 1 spiro atoms. The van der Waals surface area contributed by atoms with E-state index in [1.54, 1.807) is 0 Å². The molecule has 3 aliphatic rings. The van der Waals surface area contributed by atoms with Gasteiger partial charge in [-0.05, 0) is 38.1 Å². The summed E-state index contributed by atoms with van der Waals surface area (Å²) in [5, 5.41) is 4.31. The van der Waals surface area contributed by atoms with Crippen molar-refractivity contribution >= 4 is 0 Å². The van der Waals surface area contributed by atoms with Gasteiger partial charge in [-0.25, -0.2) is 0 Å². The number of aromatic nitrogens is 2. The number of hydrogen-bond donors (Lipinski definition) is 0. The fourth-order valence-electron chi connectivity index (χ4n) is 4.41. The van der Waals surface area contributed by atoms with Crippen LogP contribution in [-0.4, -0.2) is 65.5 Å². The molecule has 3 fully saturated rings. The van der Waals surface area contributed by atoms with Crippen LogP contribution in [0.4, 0.5) is 0 Å². The number of hydrogen-bond acceptors (Lipinski definition) is 4. The van der Waals surface area contributed by atoms with Crippen molar-refractivity contribution in [3.63, 3.8) is 0 Å². The zero-order chi connectivity index (χ0) is 15.7. The maximum Gasteiger partial charge on any atom is 0.0593 e. The Morgan fingerprint density at radius 2 is 2.13 bits per heavy atom. The number of nitrogens with zero attached hydrogens (tertiary/aromatic N) is 4. The summed E-state index contributed by atoms with van der Waals surface area (Å²) >= 11 is 0. The monoisotopic (exact) mass is 318 g/mol. The molecule has 1 atom stereocenters. The quantitative estimate of drug-likeness (QED) is 0.847. The molecule has 2 saturated heterocycles. The molecule has 3 heterocycles. The lowest BCUT2D eigenvalue weighted by Gasteiger charge is -2.43. The fraction of sp³-hybridized carbons (Fsp3) is 0.833. The zero-order valence-electron chi connectivity index (χ0n) is 14.4. The first-order chi connectivity index (χ1) is 11.2. The van der Waals surface area contributed by atoms with E-state index < -0.39 is 0 Å². The maximum absolute atomic E-state index is 6.04. The van der Waals surface area contributed by atoms with E-state index in [-0.39, 0.29) is 0 Å². The fourth-order valence-corrected chi connectivity index (χ4v) is 4.41. The Morgan fingerprint density at radius 3 is 2.91 bits per heavy atom. The highest BCUT2D eigenvalue weighted by Gasteiger charge is 2.39. The molecule has 128 valence electrons. The summed E-state index contributed by atoms with van der Waals surface area (Å²) in [7, 11) is 2.00. The minimum Gasteiger partial charge on any atom is -0.379 e. The van der Waals surface area contributed by atoms with E-state index in [2.05, 4.69) is 21.1 Å². The molecule has 0 radical (unpaired) electrons. The van der Waals surface area contributed by atoms with Crippen molar-refractivity contribution in [1.29, 1.82) is 0 Å². The highest BCUT2D eigenvalue weighted by molar-refractivity contribution is 5.04. The van der Waals surface area contributed by atoms with Crippen molar-refractivity contribution in [2.75, 3.05) is 45.9 Å². The van der Waals surface area contributed by atoms with Gasteiger partial charge >= 0.3 is 0 Å². The minimum absolute atomic E-state index is 0.339. The molecule has 1 saturated carbocycles. The van der Waals surface area contributed by atoms with E-state index in [0.717, 1.165) is 32.2 Å². The van der Waals surface area contributed by atoms with Gasteiger partial charge in [0, 0.05) is 56.9 Å². The summed E-state index contributed by atoms with van der Waals surface area (Å²) in [5.74, 6) is 0.972. The molecule has 0 bridgehead atoms. The largest absolute Gasteiger partial charge is 0.379 e. The molecule has 0 unspecified atom stereocenters. The summed E-state index contributed by atoms with van der Waals surface area (Å²) < 4.78 is 7.94. The second-order valence-electron chi connectivity index (χ2n) is 8.07. The van der Waals surface area contributed by atoms with Gasteiger partial charge in [0.2, 0.25) is 0 Å². The summed E-state index contributed by atoms with van der Waals surface area (Å²) in [4.78, 5) is 5.31. The zero-order valence-corrected chi connectivity index (χ0v) is 14.4. The van der Waals surface area contributed by atoms with E-state index >= 15 is 0 Å². The van der Waals surface area contributed by atoms with Crippen LogP contribution in [-0.2, 0) is 18.3 Å². The Bertz CT molecular complexity index is 527. The lowest BCUT2D eigenvalue weighted by atomic mass is 9.80. The summed E-state index contributed by atoms with van der Waals surface area (Å²) in [6, 6.07) is 0. The average Bonchev–Trinajstić information content (AvgIpc) is 3.27. The molecule has 5 heteroatoms. The third-order valence-electron chi connectivity index (χ3n) is 5.64. The van der Waals surface area contributed by atoms with Gasteiger partial charge in [0.05, 0.1) is 19.4 Å². The second kappa shape index (κ2) is 6.54. The van der Waals surface area contributed by atoms with Crippen LogP contribution >= 0.6 is 0 Å². The Labute approximate surface area is 139 Å². The topological polar surface area (TPSA) is 33.5 Å². The summed E-state index contributed by atoms with van der Waals surface area (Å²) in [6.45, 7) is 8.91. The Kier molecular flexibility index (Phi) is 4.43. The first kappa shape index (κ1) is 15.6. The van der Waals surface area contributed by atoms with Crippen molar-refractivity contribution in [2.24, 2.45) is 18.4 Å². The van der Waals surface area contributed by atoms with Crippen molar-refractivity contribution < 1.29 is 4.74 Å². The van der Waals surface area contributed by atoms with Crippen LogP contribution in [0.2, 0.25) is 0 Å². The lowest BCUT2D eigenvalue weighted by molar-refractivity contribution is 0.00274. The molecule has 23 heavy (non-hydrogen) atoms. The first-order valence-electron chi connectivity index (χ1n) is 9.21. The number of likely N-dealkylation sites (tertiary alicyclic amines) is 1. The summed E-state index contributed by atoms with van der Waals surface area (Å²) in [6.07, 6.45) is 9.64.